The Balaban J connectivity index is 6.24. The second kappa shape index (κ2) is 6.96. The van der Waals surface area contributed by atoms with Gasteiger partial charge in [0.2, 0.25) is 0 Å². The van der Waals surface area contributed by atoms with Gasteiger partial charge in [-0.05, 0) is 20.8 Å². The van der Waals surface area contributed by atoms with Crippen LogP contribution >= 0.6 is 0 Å². The zero-order valence-electron chi connectivity index (χ0n) is 12.9. The summed E-state index contributed by atoms with van der Waals surface area (Å²) in [6.45, 7) is 4.72. The van der Waals surface area contributed by atoms with Crippen LogP contribution in [0, 0.1) is 0 Å². The molecule has 13 heteroatoms. The molecule has 0 radical (unpaired) electrons. The van der Waals surface area contributed by atoms with Gasteiger partial charge in [0.1, 0.15) is 0 Å². The van der Waals surface area contributed by atoms with Gasteiger partial charge in [0.25, 0.3) is 5.91 Å². The molecule has 25 heavy (non-hydrogen) atoms. The van der Waals surface area contributed by atoms with Crippen molar-refractivity contribution in [3.8, 4) is 0 Å². The lowest BCUT2D eigenvalue weighted by atomic mass is 10.2. The molecule has 0 aliphatic heterocycles. The third-order valence-corrected chi connectivity index (χ3v) is 2.56. The van der Waals surface area contributed by atoms with Gasteiger partial charge in [-0.3, -0.25) is 19.3 Å². The second-order valence-electron chi connectivity index (χ2n) is 5.00. The fourth-order valence-electron chi connectivity index (χ4n) is 1.53. The molecular weight excluding hydrogens is 372 g/mol. The average molecular weight is 384 g/mol. The van der Waals surface area contributed by atoms with Gasteiger partial charge in [-0.2, -0.15) is 26.9 Å². The number of carbonyl (C=O) groups excluding carboxylic acids is 3. The summed E-state index contributed by atoms with van der Waals surface area (Å²) in [5, 5.41) is 0. The smallest absolute Gasteiger partial charge is 0.269 e. The van der Waals surface area contributed by atoms with Crippen molar-refractivity contribution in [3.05, 3.63) is 12.2 Å². The molecule has 0 aliphatic carbocycles. The summed E-state index contributed by atoms with van der Waals surface area (Å²) in [4.78, 5) is 30.8. The number of imide groups is 1. The Hall–Kier alpha value is -2.21. The van der Waals surface area contributed by atoms with Crippen molar-refractivity contribution in [1.82, 2.24) is 9.80 Å². The summed E-state index contributed by atoms with van der Waals surface area (Å²) in [6, 6.07) is -7.69. The maximum absolute atomic E-state index is 14.0. The first kappa shape index (κ1) is 22.8. The van der Waals surface area contributed by atoms with Gasteiger partial charge in [0.15, 0.2) is 0 Å². The van der Waals surface area contributed by atoms with Gasteiger partial charge in [-0.1, -0.05) is 6.58 Å². The predicted molar refractivity (Wildman–Crippen MR) is 65.7 cm³/mol. The third-order valence-electron chi connectivity index (χ3n) is 2.56. The normalized spacial score (nSPS) is 12.8. The van der Waals surface area contributed by atoms with Crippen molar-refractivity contribution in [2.45, 2.75) is 45.3 Å². The number of hydrogen-bond acceptors (Lipinski definition) is 3. The zero-order chi connectivity index (χ0) is 20.5. The van der Waals surface area contributed by atoms with Crippen molar-refractivity contribution < 1.29 is 49.5 Å². The number of halogens is 8. The number of nitrogens with zero attached hydrogens (tertiary/aromatic N) is 2. The Labute approximate surface area is 135 Å². The minimum atomic E-state index is -6.14. The molecule has 0 atom stereocenters. The monoisotopic (exact) mass is 384 g/mol. The van der Waals surface area contributed by atoms with Crippen molar-refractivity contribution in [1.29, 1.82) is 0 Å². The molecule has 0 spiro atoms. The Bertz CT molecular complexity index is 580. The molecule has 3 amide bonds. The van der Waals surface area contributed by atoms with E-state index in [1.807, 2.05) is 0 Å². The number of rotatable bonds is 4. The summed E-state index contributed by atoms with van der Waals surface area (Å²) in [6.07, 6.45) is -11.9. The molecule has 144 valence electrons. The average Bonchev–Trinajstić information content (AvgIpc) is 2.34. The number of hydrogen-bond donors (Lipinski definition) is 0. The second-order valence-corrected chi connectivity index (χ2v) is 5.00. The standard InChI is InChI=1S/C12H12F8N2O3/c1-5(2)7(23)22(12(18,19)20)11(16,17)9(25)21(6(3)4)8(24)10(13,14)15/h6H,1H2,2-4H3. The van der Waals surface area contributed by atoms with Crippen molar-refractivity contribution in [3.63, 3.8) is 0 Å². The summed E-state index contributed by atoms with van der Waals surface area (Å²) in [7, 11) is 0. The number of alkyl halides is 8. The molecule has 0 aromatic rings. The van der Waals surface area contributed by atoms with Crippen LogP contribution in [0.1, 0.15) is 20.8 Å². The number of amides is 3. The highest BCUT2D eigenvalue weighted by Crippen LogP contribution is 2.36. The van der Waals surface area contributed by atoms with E-state index in [0.29, 0.717) is 20.8 Å². The first-order chi connectivity index (χ1) is 10.9. The molecule has 0 saturated heterocycles. The largest absolute Gasteiger partial charge is 0.492 e. The maximum atomic E-state index is 14.0. The highest BCUT2D eigenvalue weighted by Gasteiger charge is 2.63. The maximum Gasteiger partial charge on any atom is 0.492 e. The lowest BCUT2D eigenvalue weighted by Crippen LogP contribution is -2.64. The summed E-state index contributed by atoms with van der Waals surface area (Å²) < 4.78 is 104. The van der Waals surface area contributed by atoms with Crippen LogP contribution in [0.4, 0.5) is 35.1 Å². The molecule has 0 heterocycles. The first-order valence-electron chi connectivity index (χ1n) is 6.26. The van der Waals surface area contributed by atoms with Crippen molar-refractivity contribution in [2.75, 3.05) is 0 Å². The van der Waals surface area contributed by atoms with E-state index in [4.69, 9.17) is 0 Å². The van der Waals surface area contributed by atoms with E-state index >= 15 is 0 Å². The third kappa shape index (κ3) is 4.89. The van der Waals surface area contributed by atoms with Crippen LogP contribution in [0.2, 0.25) is 0 Å². The molecule has 0 N–H and O–H groups in total. The van der Waals surface area contributed by atoms with Crippen LogP contribution < -0.4 is 0 Å². The molecule has 0 saturated carbocycles. The number of carbonyl (C=O) groups is 3. The Morgan fingerprint density at radius 3 is 1.52 bits per heavy atom. The quantitative estimate of drug-likeness (QED) is 0.426. The fourth-order valence-corrected chi connectivity index (χ4v) is 1.53. The van der Waals surface area contributed by atoms with E-state index in [9.17, 15) is 49.5 Å². The summed E-state index contributed by atoms with van der Waals surface area (Å²) >= 11 is 0. The highest BCUT2D eigenvalue weighted by molar-refractivity contribution is 6.03. The van der Waals surface area contributed by atoms with Crippen LogP contribution in [0.15, 0.2) is 12.2 Å². The van der Waals surface area contributed by atoms with E-state index in [1.54, 1.807) is 0 Å². The van der Waals surface area contributed by atoms with Crippen molar-refractivity contribution in [2.24, 2.45) is 0 Å². The van der Waals surface area contributed by atoms with E-state index in [-0.39, 0.29) is 0 Å². The summed E-state index contributed by atoms with van der Waals surface area (Å²) in [5.74, 6) is -8.71. The van der Waals surface area contributed by atoms with Gasteiger partial charge in [0.05, 0.1) is 0 Å². The Morgan fingerprint density at radius 2 is 1.28 bits per heavy atom. The highest BCUT2D eigenvalue weighted by atomic mass is 19.4. The summed E-state index contributed by atoms with van der Waals surface area (Å²) in [5.41, 5.74) is -1.07. The van der Waals surface area contributed by atoms with Crippen LogP contribution in [-0.2, 0) is 14.4 Å². The van der Waals surface area contributed by atoms with Crippen LogP contribution in [-0.4, -0.2) is 52.1 Å². The molecule has 0 aromatic carbocycles. The molecule has 0 fully saturated rings. The van der Waals surface area contributed by atoms with Gasteiger partial charge >= 0.3 is 30.3 Å². The first-order valence-corrected chi connectivity index (χ1v) is 6.26. The van der Waals surface area contributed by atoms with Crippen molar-refractivity contribution >= 4 is 17.7 Å². The van der Waals surface area contributed by atoms with E-state index in [0.717, 1.165) is 0 Å². The minimum Gasteiger partial charge on any atom is -0.269 e. The lowest BCUT2D eigenvalue weighted by molar-refractivity contribution is -0.308. The molecular formula is C12H12F8N2O3. The van der Waals surface area contributed by atoms with E-state index < -0.39 is 57.7 Å². The SMILES string of the molecule is C=C(C)C(=O)N(C(F)(F)F)C(F)(F)C(=O)N(C(=O)C(F)(F)F)C(C)C. The lowest BCUT2D eigenvalue weighted by Gasteiger charge is -2.35. The fraction of sp³-hybridized carbons (Fsp3) is 0.583. The molecule has 5 nitrogen and oxygen atoms in total. The van der Waals surface area contributed by atoms with Crippen LogP contribution in [0.3, 0.4) is 0 Å². The van der Waals surface area contributed by atoms with Gasteiger partial charge in [-0.25, -0.2) is 0 Å². The van der Waals surface area contributed by atoms with Gasteiger partial charge in [-0.15, -0.1) is 13.2 Å². The molecule has 0 rings (SSSR count). The Morgan fingerprint density at radius 1 is 0.880 bits per heavy atom. The molecule has 0 unspecified atom stereocenters. The van der Waals surface area contributed by atoms with Crippen LogP contribution in [0.5, 0.6) is 0 Å². The van der Waals surface area contributed by atoms with E-state index in [2.05, 4.69) is 6.58 Å². The Kier molecular flexibility index (Phi) is 6.34. The molecule has 0 bridgehead atoms. The minimum absolute atomic E-state index is 0.614. The molecule has 0 aliphatic rings. The van der Waals surface area contributed by atoms with Crippen LogP contribution in [0.25, 0.3) is 0 Å². The van der Waals surface area contributed by atoms with E-state index in [1.165, 1.54) is 0 Å². The predicted octanol–water partition coefficient (Wildman–Crippen LogP) is 2.83. The molecule has 0 aromatic heterocycles. The topological polar surface area (TPSA) is 57.7 Å². The van der Waals surface area contributed by atoms with Gasteiger partial charge < -0.3 is 0 Å². The van der Waals surface area contributed by atoms with Gasteiger partial charge in [0, 0.05) is 11.6 Å². The zero-order valence-corrected chi connectivity index (χ0v) is 12.9.